The molecule has 0 saturated carbocycles. The Kier molecular flexibility index (Phi) is 5.25. The molecule has 1 aliphatic rings. The van der Waals surface area contributed by atoms with Crippen LogP contribution in [0.1, 0.15) is 12.8 Å². The van der Waals surface area contributed by atoms with E-state index in [0.29, 0.717) is 11.0 Å². The molecule has 6 heteroatoms. The second-order valence-electron chi connectivity index (χ2n) is 5.03. The number of aromatic nitrogens is 2. The Morgan fingerprint density at radius 2 is 2.00 bits per heavy atom. The van der Waals surface area contributed by atoms with Crippen LogP contribution in [0, 0.1) is 0 Å². The molecule has 2 aromatic rings. The number of anilines is 1. The highest BCUT2D eigenvalue weighted by Gasteiger charge is 2.10. The van der Waals surface area contributed by atoms with E-state index >= 15 is 0 Å². The lowest BCUT2D eigenvalue weighted by atomic mass is 10.1. The van der Waals surface area contributed by atoms with Gasteiger partial charge in [0.25, 0.3) is 0 Å². The monoisotopic (exact) mass is 343 g/mol. The molecule has 1 aromatic heterocycles. The molecule has 0 aliphatic heterocycles. The molecule has 1 atom stereocenters. The van der Waals surface area contributed by atoms with Crippen LogP contribution in [0.2, 0.25) is 0 Å². The Bertz CT molecular complexity index is 773. The largest absolute Gasteiger partial charge is 0.294 e. The van der Waals surface area contributed by atoms with Crippen LogP contribution in [-0.2, 0) is 10.8 Å². The zero-order valence-corrected chi connectivity index (χ0v) is 14.4. The summed E-state index contributed by atoms with van der Waals surface area (Å²) >= 11 is 1.48. The highest BCUT2D eigenvalue weighted by Crippen LogP contribution is 2.25. The van der Waals surface area contributed by atoms with Crippen molar-refractivity contribution >= 4 is 28.7 Å². The first-order valence-electron chi connectivity index (χ1n) is 7.30. The fourth-order valence-corrected chi connectivity index (χ4v) is 3.30. The van der Waals surface area contributed by atoms with Gasteiger partial charge < -0.3 is 0 Å². The molecule has 0 bridgehead atoms. The number of hydrogen-bond acceptors (Lipinski definition) is 5. The average Bonchev–Trinajstić information content (AvgIpc) is 2.61. The lowest BCUT2D eigenvalue weighted by Crippen LogP contribution is -2.02. The number of benzene rings is 1. The Morgan fingerprint density at radius 3 is 2.70 bits per heavy atom. The number of hydrogen-bond donors (Lipinski definition) is 1. The molecule has 1 aromatic carbocycles. The minimum atomic E-state index is -1.16. The molecule has 1 aliphatic carbocycles. The molecular weight excluding hydrogens is 326 g/mol. The summed E-state index contributed by atoms with van der Waals surface area (Å²) in [6, 6.07) is 11.6. The molecule has 0 saturated heterocycles. The van der Waals surface area contributed by atoms with Crippen LogP contribution in [0.4, 0.5) is 5.95 Å². The summed E-state index contributed by atoms with van der Waals surface area (Å²) in [5.41, 5.74) is 1.74. The first-order chi connectivity index (χ1) is 11.2. The Morgan fingerprint density at radius 1 is 1.17 bits per heavy atom. The van der Waals surface area contributed by atoms with Gasteiger partial charge in [0.1, 0.15) is 5.03 Å². The minimum Gasteiger partial charge on any atom is -0.294 e. The van der Waals surface area contributed by atoms with E-state index in [4.69, 9.17) is 0 Å². The zero-order valence-electron chi connectivity index (χ0n) is 12.7. The molecule has 0 amide bonds. The van der Waals surface area contributed by atoms with Gasteiger partial charge >= 0.3 is 0 Å². The molecule has 118 valence electrons. The summed E-state index contributed by atoms with van der Waals surface area (Å²) < 4.78 is 15.0. The molecule has 4 nitrogen and oxygen atoms in total. The number of rotatable bonds is 5. The predicted octanol–water partition coefficient (Wildman–Crippen LogP) is 4.18. The fraction of sp³-hybridized carbons (Fsp3) is 0.176. The van der Waals surface area contributed by atoms with Crippen LogP contribution < -0.4 is 4.72 Å². The van der Waals surface area contributed by atoms with Gasteiger partial charge in [-0.25, -0.2) is 9.97 Å². The van der Waals surface area contributed by atoms with Crippen molar-refractivity contribution in [3.63, 3.8) is 0 Å². The van der Waals surface area contributed by atoms with Crippen molar-refractivity contribution in [3.05, 3.63) is 59.5 Å². The summed E-state index contributed by atoms with van der Waals surface area (Å²) in [5, 5.41) is 0.523. The second-order valence-corrected chi connectivity index (χ2v) is 7.23. The highest BCUT2D eigenvalue weighted by atomic mass is 32.2. The van der Waals surface area contributed by atoms with Gasteiger partial charge in [0.05, 0.1) is 16.5 Å². The van der Waals surface area contributed by atoms with Crippen LogP contribution in [0.3, 0.4) is 0 Å². The summed E-state index contributed by atoms with van der Waals surface area (Å²) in [5.74, 6) is 0.474. The highest BCUT2D eigenvalue weighted by molar-refractivity contribution is 8.04. The lowest BCUT2D eigenvalue weighted by molar-refractivity contribution is 0.684. The molecule has 1 unspecified atom stereocenters. The number of allylic oxidation sites excluding steroid dienone is 3. The van der Waals surface area contributed by atoms with Gasteiger partial charge in [0.2, 0.25) is 5.95 Å². The summed E-state index contributed by atoms with van der Waals surface area (Å²) in [6.07, 6.45) is 10.2. The van der Waals surface area contributed by atoms with E-state index in [0.717, 1.165) is 29.0 Å². The van der Waals surface area contributed by atoms with Crippen LogP contribution in [0.15, 0.2) is 64.6 Å². The maximum atomic E-state index is 11.9. The Balaban J connectivity index is 1.87. The average molecular weight is 343 g/mol. The third-order valence-corrected chi connectivity index (χ3v) is 4.91. The van der Waals surface area contributed by atoms with Gasteiger partial charge in [-0.2, -0.15) is 0 Å². The van der Waals surface area contributed by atoms with Crippen molar-refractivity contribution in [3.8, 4) is 11.3 Å². The van der Waals surface area contributed by atoms with Crippen LogP contribution >= 0.6 is 11.9 Å². The standard InChI is InChI=1S/C17H17N3OS2/c1-23(21)16-12-15(13-8-4-2-5-9-13)18-17(19-16)20-22-14-10-6-3-7-11-14/h2,4-6,8-12H,3,7H2,1H3,(H,18,19,20). The van der Waals surface area contributed by atoms with Gasteiger partial charge in [0.15, 0.2) is 0 Å². The van der Waals surface area contributed by atoms with E-state index in [2.05, 4.69) is 32.9 Å². The lowest BCUT2D eigenvalue weighted by Gasteiger charge is -2.10. The SMILES string of the molecule is CS(=O)c1cc(-c2ccccc2)nc(NSC2=CCCC=C2)n1. The first-order valence-corrected chi connectivity index (χ1v) is 9.67. The van der Waals surface area contributed by atoms with Gasteiger partial charge in [0, 0.05) is 16.7 Å². The van der Waals surface area contributed by atoms with Crippen molar-refractivity contribution in [2.75, 3.05) is 11.0 Å². The van der Waals surface area contributed by atoms with E-state index in [1.54, 1.807) is 12.3 Å². The van der Waals surface area contributed by atoms with Crippen molar-refractivity contribution in [2.45, 2.75) is 17.9 Å². The van der Waals surface area contributed by atoms with Crippen molar-refractivity contribution in [2.24, 2.45) is 0 Å². The van der Waals surface area contributed by atoms with Crippen LogP contribution in [0.25, 0.3) is 11.3 Å². The quantitative estimate of drug-likeness (QED) is 0.652. The minimum absolute atomic E-state index is 0.474. The van der Waals surface area contributed by atoms with Gasteiger partial charge in [-0.1, -0.05) is 48.6 Å². The predicted molar refractivity (Wildman–Crippen MR) is 97.5 cm³/mol. The molecule has 23 heavy (non-hydrogen) atoms. The van der Waals surface area contributed by atoms with Crippen molar-refractivity contribution in [1.29, 1.82) is 0 Å². The normalized spacial score (nSPS) is 15.1. The van der Waals surface area contributed by atoms with E-state index < -0.39 is 10.8 Å². The smallest absolute Gasteiger partial charge is 0.234 e. The second kappa shape index (κ2) is 7.57. The maximum Gasteiger partial charge on any atom is 0.234 e. The molecule has 3 rings (SSSR count). The zero-order chi connectivity index (χ0) is 16.1. The Hall–Kier alpha value is -1.92. The third-order valence-electron chi connectivity index (χ3n) is 3.29. The molecule has 1 N–H and O–H groups in total. The van der Waals surface area contributed by atoms with E-state index in [1.165, 1.54) is 11.9 Å². The third kappa shape index (κ3) is 4.30. The Labute approximate surface area is 142 Å². The molecule has 0 radical (unpaired) electrons. The summed E-state index contributed by atoms with van der Waals surface area (Å²) in [6.45, 7) is 0. The van der Waals surface area contributed by atoms with Crippen molar-refractivity contribution < 1.29 is 4.21 Å². The van der Waals surface area contributed by atoms with E-state index in [1.807, 2.05) is 30.3 Å². The molecule has 0 fully saturated rings. The topological polar surface area (TPSA) is 54.9 Å². The first kappa shape index (κ1) is 16.0. The number of nitrogens with zero attached hydrogens (tertiary/aromatic N) is 2. The fourth-order valence-electron chi connectivity index (χ4n) is 2.14. The number of nitrogens with one attached hydrogen (secondary N) is 1. The van der Waals surface area contributed by atoms with E-state index in [-0.39, 0.29) is 0 Å². The van der Waals surface area contributed by atoms with Gasteiger partial charge in [-0.05, 0) is 30.9 Å². The molecular formula is C17H17N3OS2. The van der Waals surface area contributed by atoms with Crippen LogP contribution in [-0.4, -0.2) is 20.4 Å². The summed E-state index contributed by atoms with van der Waals surface area (Å²) in [7, 11) is -1.16. The summed E-state index contributed by atoms with van der Waals surface area (Å²) in [4.78, 5) is 10.0. The van der Waals surface area contributed by atoms with Crippen LogP contribution in [0.5, 0.6) is 0 Å². The van der Waals surface area contributed by atoms with Gasteiger partial charge in [-0.3, -0.25) is 8.93 Å². The van der Waals surface area contributed by atoms with E-state index in [9.17, 15) is 4.21 Å². The molecule has 0 spiro atoms. The van der Waals surface area contributed by atoms with Crippen molar-refractivity contribution in [1.82, 2.24) is 9.97 Å². The maximum absolute atomic E-state index is 11.9. The molecule has 1 heterocycles. The van der Waals surface area contributed by atoms with Gasteiger partial charge in [-0.15, -0.1) is 0 Å².